The summed E-state index contributed by atoms with van der Waals surface area (Å²) in [5, 5.41) is 6.30. The van der Waals surface area contributed by atoms with Crippen molar-refractivity contribution in [1.82, 2.24) is 14.9 Å². The average Bonchev–Trinajstić information content (AvgIpc) is 3.91. The van der Waals surface area contributed by atoms with Crippen LogP contribution < -0.4 is 24.8 Å². The van der Waals surface area contributed by atoms with Gasteiger partial charge < -0.3 is 29.6 Å². The Balaban J connectivity index is 1.14. The van der Waals surface area contributed by atoms with Gasteiger partial charge in [0.05, 0.1) is 37.8 Å². The lowest BCUT2D eigenvalue weighted by atomic mass is 10.0. The molecule has 2 heterocycles. The van der Waals surface area contributed by atoms with Crippen molar-refractivity contribution >= 4 is 34.1 Å². The van der Waals surface area contributed by atoms with Crippen LogP contribution in [0.4, 0.5) is 15.8 Å². The van der Waals surface area contributed by atoms with Crippen LogP contribution in [0, 0.1) is 11.2 Å². The number of carbonyl (C=O) groups excluding carboxylic acids is 2. The number of amides is 2. The molecule has 1 aromatic heterocycles. The Morgan fingerprint density at radius 3 is 2.36 bits per heavy atom. The van der Waals surface area contributed by atoms with Crippen molar-refractivity contribution in [2.75, 3.05) is 57.2 Å². The number of nitrogens with one attached hydrogen (secondary N) is 2. The van der Waals surface area contributed by atoms with E-state index in [0.717, 1.165) is 44.8 Å². The van der Waals surface area contributed by atoms with Crippen molar-refractivity contribution in [3.05, 3.63) is 72.3 Å². The third kappa shape index (κ3) is 7.44. The number of rotatable bonds is 13. The molecule has 2 N–H and O–H groups in total. The third-order valence-corrected chi connectivity index (χ3v) is 8.49. The molecule has 12 heteroatoms. The molecule has 0 bridgehead atoms. The van der Waals surface area contributed by atoms with Crippen LogP contribution in [0.5, 0.6) is 23.1 Å². The molecular weight excluding hydrogens is 605 g/mol. The number of aryl methyl sites for hydroxylation is 1. The number of benzene rings is 3. The van der Waals surface area contributed by atoms with Crippen LogP contribution in [0.25, 0.3) is 10.9 Å². The van der Waals surface area contributed by atoms with E-state index in [0.29, 0.717) is 71.3 Å². The molecule has 1 saturated carbocycles. The molecule has 2 fully saturated rings. The Morgan fingerprint density at radius 2 is 1.66 bits per heavy atom. The fourth-order valence-corrected chi connectivity index (χ4v) is 5.54. The number of morpholine rings is 1. The Kier molecular flexibility index (Phi) is 9.79. The lowest BCUT2D eigenvalue weighted by molar-refractivity contribution is -0.131. The van der Waals surface area contributed by atoms with Gasteiger partial charge in [-0.1, -0.05) is 6.92 Å². The van der Waals surface area contributed by atoms with Gasteiger partial charge in [-0.25, -0.2) is 14.4 Å². The normalized spacial score (nSPS) is 15.6. The van der Waals surface area contributed by atoms with Crippen LogP contribution in [0.2, 0.25) is 0 Å². The standard InChI is InChI=1S/C35H38FN5O6/c1-3-23-19-26(40-34(43)35(11-12-35)33(42)39-25-7-5-24(36)6-8-25)9-10-29(23)47-32-27-20-31(30(44-2)21-28(27)37-22-38-32)46-16-4-13-41-14-17-45-18-15-41/h5-10,19-22H,3-4,11-18H2,1-2H3,(H,39,42)(H,40,43). The fraction of sp³-hybridized carbons (Fsp3) is 0.371. The Bertz CT molecular complexity index is 1740. The first-order chi connectivity index (χ1) is 22.9. The summed E-state index contributed by atoms with van der Waals surface area (Å²) >= 11 is 0. The minimum absolute atomic E-state index is 0.358. The molecule has 1 aliphatic heterocycles. The minimum Gasteiger partial charge on any atom is -0.493 e. The first-order valence-corrected chi connectivity index (χ1v) is 15.8. The summed E-state index contributed by atoms with van der Waals surface area (Å²) in [4.78, 5) is 37.4. The van der Waals surface area contributed by atoms with Crippen LogP contribution in [0.3, 0.4) is 0 Å². The van der Waals surface area contributed by atoms with E-state index in [1.165, 1.54) is 30.6 Å². The number of hydrogen-bond acceptors (Lipinski definition) is 9. The summed E-state index contributed by atoms with van der Waals surface area (Å²) in [6.45, 7) is 6.82. The van der Waals surface area contributed by atoms with Gasteiger partial charge in [-0.05, 0) is 79.8 Å². The summed E-state index contributed by atoms with van der Waals surface area (Å²) in [6, 6.07) is 14.4. The summed E-state index contributed by atoms with van der Waals surface area (Å²) < 4.78 is 36.7. The maximum Gasteiger partial charge on any atom is 0.240 e. The van der Waals surface area contributed by atoms with E-state index in [-0.39, 0.29) is 5.91 Å². The SMILES string of the molecule is CCc1cc(NC(=O)C2(C(=O)Nc3ccc(F)cc3)CC2)ccc1Oc1ncnc2cc(OC)c(OCCCN3CCOCC3)cc12. The van der Waals surface area contributed by atoms with Crippen LogP contribution in [-0.4, -0.2) is 73.2 Å². The van der Waals surface area contributed by atoms with Gasteiger partial charge in [0.1, 0.15) is 23.3 Å². The molecule has 1 saturated heterocycles. The highest BCUT2D eigenvalue weighted by atomic mass is 19.1. The summed E-state index contributed by atoms with van der Waals surface area (Å²) in [5.74, 6) is 0.876. The maximum absolute atomic E-state index is 13.3. The average molecular weight is 644 g/mol. The molecule has 246 valence electrons. The van der Waals surface area contributed by atoms with Gasteiger partial charge in [-0.2, -0.15) is 0 Å². The lowest BCUT2D eigenvalue weighted by Crippen LogP contribution is -2.37. The number of ether oxygens (including phenoxy) is 4. The highest BCUT2D eigenvalue weighted by Gasteiger charge is 2.56. The zero-order valence-corrected chi connectivity index (χ0v) is 26.5. The first-order valence-electron chi connectivity index (χ1n) is 15.8. The highest BCUT2D eigenvalue weighted by molar-refractivity contribution is 6.16. The molecule has 1 aliphatic carbocycles. The molecule has 0 radical (unpaired) electrons. The number of carbonyl (C=O) groups is 2. The predicted molar refractivity (Wildman–Crippen MR) is 175 cm³/mol. The van der Waals surface area contributed by atoms with Gasteiger partial charge in [0.2, 0.25) is 17.7 Å². The Labute approximate surface area is 272 Å². The van der Waals surface area contributed by atoms with Gasteiger partial charge in [0.25, 0.3) is 0 Å². The second-order valence-corrected chi connectivity index (χ2v) is 11.6. The molecule has 2 aliphatic rings. The van der Waals surface area contributed by atoms with Crippen LogP contribution in [0.1, 0.15) is 31.7 Å². The zero-order valence-electron chi connectivity index (χ0n) is 26.5. The zero-order chi connectivity index (χ0) is 32.8. The van der Waals surface area contributed by atoms with Gasteiger partial charge in [-0.3, -0.25) is 14.5 Å². The summed E-state index contributed by atoms with van der Waals surface area (Å²) in [7, 11) is 1.59. The number of hydrogen-bond donors (Lipinski definition) is 2. The van der Waals surface area contributed by atoms with Gasteiger partial charge in [0, 0.05) is 37.1 Å². The topological polar surface area (TPSA) is 124 Å². The molecule has 0 atom stereocenters. The lowest BCUT2D eigenvalue weighted by Gasteiger charge is -2.26. The van der Waals surface area contributed by atoms with E-state index in [2.05, 4.69) is 25.5 Å². The van der Waals surface area contributed by atoms with E-state index < -0.39 is 17.1 Å². The van der Waals surface area contributed by atoms with Gasteiger partial charge in [-0.15, -0.1) is 0 Å². The second kappa shape index (κ2) is 14.3. The predicted octanol–water partition coefficient (Wildman–Crippen LogP) is 5.59. The number of methoxy groups -OCH3 is 1. The molecule has 0 unspecified atom stereocenters. The van der Waals surface area contributed by atoms with Crippen molar-refractivity contribution in [3.8, 4) is 23.1 Å². The largest absolute Gasteiger partial charge is 0.493 e. The maximum atomic E-state index is 13.3. The molecule has 11 nitrogen and oxygen atoms in total. The van der Waals surface area contributed by atoms with Gasteiger partial charge in [0.15, 0.2) is 11.5 Å². The van der Waals surface area contributed by atoms with E-state index in [1.807, 2.05) is 19.1 Å². The Hall–Kier alpha value is -4.81. The van der Waals surface area contributed by atoms with E-state index >= 15 is 0 Å². The molecule has 47 heavy (non-hydrogen) atoms. The molecule has 6 rings (SSSR count). The van der Waals surface area contributed by atoms with Crippen LogP contribution >= 0.6 is 0 Å². The van der Waals surface area contributed by atoms with Crippen molar-refractivity contribution in [3.63, 3.8) is 0 Å². The number of fused-ring (bicyclic) bond motifs is 1. The quantitative estimate of drug-likeness (QED) is 0.142. The van der Waals surface area contributed by atoms with Crippen molar-refractivity contribution in [1.29, 1.82) is 0 Å². The number of anilines is 2. The monoisotopic (exact) mass is 643 g/mol. The van der Waals surface area contributed by atoms with Crippen LogP contribution in [-0.2, 0) is 20.7 Å². The highest BCUT2D eigenvalue weighted by Crippen LogP contribution is 2.47. The molecule has 3 aromatic carbocycles. The van der Waals surface area contributed by atoms with Crippen molar-refractivity contribution in [2.24, 2.45) is 5.41 Å². The molecule has 2 amide bonds. The van der Waals surface area contributed by atoms with Crippen molar-refractivity contribution < 1.29 is 32.9 Å². The number of nitrogens with zero attached hydrogens (tertiary/aromatic N) is 3. The van der Waals surface area contributed by atoms with Gasteiger partial charge >= 0.3 is 0 Å². The van der Waals surface area contributed by atoms with E-state index in [1.54, 1.807) is 25.3 Å². The molecular formula is C35H38FN5O6. The smallest absolute Gasteiger partial charge is 0.240 e. The van der Waals surface area contributed by atoms with Crippen LogP contribution in [0.15, 0.2) is 60.9 Å². The van der Waals surface area contributed by atoms with E-state index in [4.69, 9.17) is 18.9 Å². The minimum atomic E-state index is -1.17. The third-order valence-electron chi connectivity index (χ3n) is 8.49. The summed E-state index contributed by atoms with van der Waals surface area (Å²) in [6.07, 6.45) is 3.77. The summed E-state index contributed by atoms with van der Waals surface area (Å²) in [5.41, 5.74) is 1.29. The second-order valence-electron chi connectivity index (χ2n) is 11.6. The Morgan fingerprint density at radius 1 is 0.936 bits per heavy atom. The van der Waals surface area contributed by atoms with Crippen molar-refractivity contribution in [2.45, 2.75) is 32.6 Å². The number of aromatic nitrogens is 2. The molecule has 0 spiro atoms. The fourth-order valence-electron chi connectivity index (χ4n) is 5.54. The number of halogens is 1. The first kappa shape index (κ1) is 32.1. The van der Waals surface area contributed by atoms with E-state index in [9.17, 15) is 14.0 Å². The molecule has 4 aromatic rings.